The van der Waals surface area contributed by atoms with E-state index in [2.05, 4.69) is 25.9 Å². The van der Waals surface area contributed by atoms with E-state index in [0.717, 1.165) is 4.47 Å². The van der Waals surface area contributed by atoms with Gasteiger partial charge in [-0.15, -0.1) is 12.4 Å². The van der Waals surface area contributed by atoms with Crippen LogP contribution in [0.1, 0.15) is 31.4 Å². The van der Waals surface area contributed by atoms with Gasteiger partial charge in [0.2, 0.25) is 5.82 Å². The third-order valence-corrected chi connectivity index (χ3v) is 1.61. The summed E-state index contributed by atoms with van der Waals surface area (Å²) in [7, 11) is 0. The van der Waals surface area contributed by atoms with Crippen molar-refractivity contribution in [2.45, 2.75) is 26.4 Å². The van der Waals surface area contributed by atoms with Gasteiger partial charge in [-0.05, 0) is 36.7 Å². The number of hydrogen-bond acceptors (Lipinski definition) is 4. The maximum Gasteiger partial charge on any atom is 0.376 e. The Morgan fingerprint density at radius 1 is 1.33 bits per heavy atom. The van der Waals surface area contributed by atoms with Gasteiger partial charge < -0.3 is 4.74 Å². The van der Waals surface area contributed by atoms with Gasteiger partial charge in [-0.3, -0.25) is 0 Å². The Labute approximate surface area is 103 Å². The molecule has 0 fully saturated rings. The second-order valence-corrected chi connectivity index (χ2v) is 4.64. The number of rotatable bonds is 1. The summed E-state index contributed by atoms with van der Waals surface area (Å²) in [5.74, 6) is -0.437. The summed E-state index contributed by atoms with van der Waals surface area (Å²) < 4.78 is 5.81. The fourth-order valence-electron chi connectivity index (χ4n) is 0.741. The molecule has 0 N–H and O–H groups in total. The number of esters is 1. The summed E-state index contributed by atoms with van der Waals surface area (Å²) in [5, 5.41) is 0. The van der Waals surface area contributed by atoms with E-state index in [9.17, 15) is 4.79 Å². The number of hydrogen-bond donors (Lipinski definition) is 0. The normalized spacial score (nSPS) is 10.4. The Bertz CT molecular complexity index is 335. The van der Waals surface area contributed by atoms with Gasteiger partial charge in [-0.1, -0.05) is 0 Å². The monoisotopic (exact) mass is 294 g/mol. The van der Waals surface area contributed by atoms with Crippen molar-refractivity contribution in [1.29, 1.82) is 0 Å². The van der Waals surface area contributed by atoms with Crippen LogP contribution < -0.4 is 0 Å². The maximum absolute atomic E-state index is 11.4. The fourth-order valence-corrected chi connectivity index (χ4v) is 0.946. The molecule has 0 aliphatic heterocycles. The van der Waals surface area contributed by atoms with Crippen LogP contribution in [0.15, 0.2) is 16.9 Å². The maximum atomic E-state index is 11.4. The fraction of sp³-hybridized carbons (Fsp3) is 0.444. The highest BCUT2D eigenvalue weighted by Crippen LogP contribution is 2.10. The molecule has 15 heavy (non-hydrogen) atoms. The van der Waals surface area contributed by atoms with E-state index in [1.807, 2.05) is 0 Å². The zero-order valence-electron chi connectivity index (χ0n) is 8.65. The van der Waals surface area contributed by atoms with Crippen molar-refractivity contribution in [3.05, 3.63) is 22.7 Å². The molecule has 0 amide bonds. The molecule has 1 rings (SSSR count). The molecule has 1 aromatic heterocycles. The van der Waals surface area contributed by atoms with Crippen molar-refractivity contribution in [3.8, 4) is 0 Å². The summed E-state index contributed by atoms with van der Waals surface area (Å²) in [5.41, 5.74) is -0.520. The average Bonchev–Trinajstić information content (AvgIpc) is 2.02. The lowest BCUT2D eigenvalue weighted by Gasteiger charge is -2.18. The van der Waals surface area contributed by atoms with Crippen LogP contribution in [0.5, 0.6) is 0 Å². The number of halogens is 2. The zero-order valence-corrected chi connectivity index (χ0v) is 11.1. The largest absolute Gasteiger partial charge is 0.454 e. The van der Waals surface area contributed by atoms with Crippen LogP contribution in [0.4, 0.5) is 0 Å². The van der Waals surface area contributed by atoms with Gasteiger partial charge in [-0.2, -0.15) is 0 Å². The van der Waals surface area contributed by atoms with Gasteiger partial charge in [0.25, 0.3) is 0 Å². The molecule has 6 heteroatoms. The highest BCUT2D eigenvalue weighted by Gasteiger charge is 2.19. The summed E-state index contributed by atoms with van der Waals surface area (Å²) in [6, 6.07) is 0. The first-order valence-electron chi connectivity index (χ1n) is 4.09. The third kappa shape index (κ3) is 5.09. The summed E-state index contributed by atoms with van der Waals surface area (Å²) in [6.07, 6.45) is 3.01. The van der Waals surface area contributed by atoms with Crippen LogP contribution >= 0.6 is 28.3 Å². The predicted molar refractivity (Wildman–Crippen MR) is 62.1 cm³/mol. The van der Waals surface area contributed by atoms with Crippen molar-refractivity contribution in [3.63, 3.8) is 0 Å². The second-order valence-electron chi connectivity index (χ2n) is 3.73. The lowest BCUT2D eigenvalue weighted by atomic mass is 10.2. The highest BCUT2D eigenvalue weighted by atomic mass is 79.9. The molecule has 84 valence electrons. The molecule has 0 aromatic carbocycles. The van der Waals surface area contributed by atoms with Crippen molar-refractivity contribution in [2.24, 2.45) is 0 Å². The molecule has 1 aromatic rings. The van der Waals surface area contributed by atoms with Crippen molar-refractivity contribution >= 4 is 34.3 Å². The molecule has 0 radical (unpaired) electrons. The quantitative estimate of drug-likeness (QED) is 0.747. The summed E-state index contributed by atoms with van der Waals surface area (Å²) in [4.78, 5) is 19.1. The first kappa shape index (κ1) is 14.3. The van der Waals surface area contributed by atoms with Gasteiger partial charge in [0.05, 0.1) is 4.47 Å². The van der Waals surface area contributed by atoms with Crippen LogP contribution in [0.25, 0.3) is 0 Å². The van der Waals surface area contributed by atoms with E-state index in [-0.39, 0.29) is 18.2 Å². The van der Waals surface area contributed by atoms with Gasteiger partial charge >= 0.3 is 5.97 Å². The Kier molecular flexibility index (Phi) is 5.17. The van der Waals surface area contributed by atoms with Crippen LogP contribution in [0.2, 0.25) is 0 Å². The average molecular weight is 296 g/mol. The van der Waals surface area contributed by atoms with Gasteiger partial charge in [0.1, 0.15) is 5.60 Å². The Morgan fingerprint density at radius 2 is 1.80 bits per heavy atom. The van der Waals surface area contributed by atoms with E-state index >= 15 is 0 Å². The topological polar surface area (TPSA) is 52.1 Å². The molecule has 1 heterocycles. The molecule has 0 saturated heterocycles. The second kappa shape index (κ2) is 5.42. The van der Waals surface area contributed by atoms with Crippen molar-refractivity contribution in [2.75, 3.05) is 0 Å². The minimum absolute atomic E-state index is 0. The minimum atomic E-state index is -0.520. The lowest BCUT2D eigenvalue weighted by molar-refractivity contribution is 0.00555. The lowest BCUT2D eigenvalue weighted by Crippen LogP contribution is -2.25. The first-order chi connectivity index (χ1) is 6.38. The Hall–Kier alpha value is -0.680. The molecule has 0 saturated carbocycles. The minimum Gasteiger partial charge on any atom is -0.454 e. The smallest absolute Gasteiger partial charge is 0.376 e. The van der Waals surface area contributed by atoms with Gasteiger partial charge in [0, 0.05) is 12.4 Å². The van der Waals surface area contributed by atoms with Crippen LogP contribution in [0.3, 0.4) is 0 Å². The van der Waals surface area contributed by atoms with E-state index in [1.165, 1.54) is 12.4 Å². The van der Waals surface area contributed by atoms with Crippen molar-refractivity contribution in [1.82, 2.24) is 9.97 Å². The standard InChI is InChI=1S/C9H11BrN2O2.ClH/c1-9(2,3)14-8(13)7-11-4-6(10)5-12-7;/h4-5H,1-3H3;1H. The molecular weight excluding hydrogens is 283 g/mol. The summed E-state index contributed by atoms with van der Waals surface area (Å²) in [6.45, 7) is 5.39. The molecule has 0 aliphatic carbocycles. The molecule has 0 aliphatic rings. The SMILES string of the molecule is CC(C)(C)OC(=O)c1ncc(Br)cn1.Cl. The van der Waals surface area contributed by atoms with Crippen LogP contribution in [-0.2, 0) is 4.74 Å². The van der Waals surface area contributed by atoms with E-state index in [1.54, 1.807) is 20.8 Å². The van der Waals surface area contributed by atoms with E-state index in [4.69, 9.17) is 4.74 Å². The molecule has 0 unspecified atom stereocenters. The van der Waals surface area contributed by atoms with Gasteiger partial charge in [-0.25, -0.2) is 14.8 Å². The Balaban J connectivity index is 0.00000196. The predicted octanol–water partition coefficient (Wildman–Crippen LogP) is 2.62. The molecule has 0 spiro atoms. The van der Waals surface area contributed by atoms with E-state index < -0.39 is 11.6 Å². The molecule has 0 atom stereocenters. The summed E-state index contributed by atoms with van der Waals surface area (Å²) >= 11 is 3.18. The molecule has 4 nitrogen and oxygen atoms in total. The van der Waals surface area contributed by atoms with Crippen LogP contribution in [-0.4, -0.2) is 21.5 Å². The van der Waals surface area contributed by atoms with Gasteiger partial charge in [0.15, 0.2) is 0 Å². The Morgan fingerprint density at radius 3 is 2.20 bits per heavy atom. The first-order valence-corrected chi connectivity index (χ1v) is 4.89. The molecule has 0 bridgehead atoms. The molecular formula is C9H12BrClN2O2. The van der Waals surface area contributed by atoms with E-state index in [0.29, 0.717) is 0 Å². The number of nitrogens with zero attached hydrogens (tertiary/aromatic N) is 2. The number of carbonyl (C=O) groups excluding carboxylic acids is 1. The number of aromatic nitrogens is 2. The third-order valence-electron chi connectivity index (χ3n) is 1.20. The highest BCUT2D eigenvalue weighted by molar-refractivity contribution is 9.10. The zero-order chi connectivity index (χ0) is 10.8. The number of carbonyl (C=O) groups is 1. The van der Waals surface area contributed by atoms with Crippen LogP contribution in [0, 0.1) is 0 Å². The number of ether oxygens (including phenoxy) is 1. The van der Waals surface area contributed by atoms with Crippen molar-refractivity contribution < 1.29 is 9.53 Å².